The Morgan fingerprint density at radius 1 is 1.30 bits per heavy atom. The number of aliphatic hydroxyl groups is 1. The van der Waals surface area contributed by atoms with Gasteiger partial charge in [-0.15, -0.1) is 0 Å². The Balaban J connectivity index is 1.84. The summed E-state index contributed by atoms with van der Waals surface area (Å²) in [5.74, 6) is -0.837. The van der Waals surface area contributed by atoms with Gasteiger partial charge in [-0.25, -0.2) is 4.39 Å². The number of hydrogen-bond donors (Lipinski definition) is 2. The van der Waals surface area contributed by atoms with Gasteiger partial charge in [0.1, 0.15) is 11.9 Å². The van der Waals surface area contributed by atoms with Crippen LogP contribution in [0.15, 0.2) is 41.0 Å². The number of benzene rings is 1. The third-order valence-electron chi connectivity index (χ3n) is 3.32. The molecule has 0 saturated heterocycles. The van der Waals surface area contributed by atoms with Crippen LogP contribution in [0.2, 0.25) is 0 Å². The zero-order chi connectivity index (χ0) is 16.8. The van der Waals surface area contributed by atoms with Gasteiger partial charge in [0.2, 0.25) is 0 Å². The normalized spacial score (nSPS) is 14.0. The van der Waals surface area contributed by atoms with Crippen molar-refractivity contribution in [3.8, 4) is 5.75 Å². The second-order valence-electron chi connectivity index (χ2n) is 5.19. The molecule has 2 atom stereocenters. The minimum Gasteiger partial charge on any atom is -0.467 e. The highest BCUT2D eigenvalue weighted by molar-refractivity contribution is 5.29. The summed E-state index contributed by atoms with van der Waals surface area (Å²) in [7, 11) is 0. The summed E-state index contributed by atoms with van der Waals surface area (Å²) in [6, 6.07) is 7.14. The molecule has 0 spiro atoms. The van der Waals surface area contributed by atoms with E-state index in [0.717, 1.165) is 6.07 Å². The largest absolute Gasteiger partial charge is 0.467 e. The van der Waals surface area contributed by atoms with Crippen molar-refractivity contribution in [3.63, 3.8) is 0 Å². The maximum absolute atomic E-state index is 13.6. The Labute approximate surface area is 131 Å². The summed E-state index contributed by atoms with van der Waals surface area (Å²) in [5, 5.41) is 13.1. The van der Waals surface area contributed by atoms with Crippen molar-refractivity contribution in [2.45, 2.75) is 38.6 Å². The van der Waals surface area contributed by atoms with Gasteiger partial charge >= 0.3 is 6.61 Å². The molecule has 0 radical (unpaired) electrons. The van der Waals surface area contributed by atoms with Gasteiger partial charge < -0.3 is 19.6 Å². The summed E-state index contributed by atoms with van der Waals surface area (Å²) in [6.07, 6.45) is 1.18. The minimum atomic E-state index is -3.06. The highest BCUT2D eigenvalue weighted by atomic mass is 19.3. The first-order valence-electron chi connectivity index (χ1n) is 7.13. The third-order valence-corrected chi connectivity index (χ3v) is 3.32. The van der Waals surface area contributed by atoms with Gasteiger partial charge in [-0.05, 0) is 43.2 Å². The number of halogens is 3. The number of rotatable bonds is 8. The van der Waals surface area contributed by atoms with Gasteiger partial charge in [0.25, 0.3) is 0 Å². The molecule has 0 saturated carbocycles. The zero-order valence-electron chi connectivity index (χ0n) is 12.5. The van der Waals surface area contributed by atoms with E-state index in [9.17, 15) is 18.3 Å². The zero-order valence-corrected chi connectivity index (χ0v) is 12.5. The highest BCUT2D eigenvalue weighted by Gasteiger charge is 2.15. The molecule has 0 bridgehead atoms. The summed E-state index contributed by atoms with van der Waals surface area (Å²) < 4.78 is 46.9. The molecule has 0 aliphatic rings. The second-order valence-corrected chi connectivity index (χ2v) is 5.19. The van der Waals surface area contributed by atoms with Crippen molar-refractivity contribution in [1.29, 1.82) is 0 Å². The number of hydrogen-bond acceptors (Lipinski definition) is 4. The molecule has 7 heteroatoms. The molecule has 0 aliphatic heterocycles. The summed E-state index contributed by atoms with van der Waals surface area (Å²) in [4.78, 5) is 0. The maximum Gasteiger partial charge on any atom is 0.387 e. The van der Waals surface area contributed by atoms with Crippen LogP contribution in [-0.4, -0.2) is 17.8 Å². The number of ether oxygens (including phenoxy) is 1. The van der Waals surface area contributed by atoms with Crippen molar-refractivity contribution in [2.75, 3.05) is 0 Å². The molecule has 126 valence electrons. The second kappa shape index (κ2) is 8.03. The first kappa shape index (κ1) is 17.4. The topological polar surface area (TPSA) is 54.6 Å². The lowest BCUT2D eigenvalue weighted by atomic mass is 10.1. The molecule has 1 heterocycles. The Bertz CT molecular complexity index is 605. The van der Waals surface area contributed by atoms with Gasteiger partial charge in [-0.2, -0.15) is 8.78 Å². The van der Waals surface area contributed by atoms with Crippen LogP contribution in [0.3, 0.4) is 0 Å². The summed E-state index contributed by atoms with van der Waals surface area (Å²) >= 11 is 0. The molecule has 1 aromatic heterocycles. The van der Waals surface area contributed by atoms with Crippen molar-refractivity contribution in [3.05, 3.63) is 53.7 Å². The summed E-state index contributed by atoms with van der Waals surface area (Å²) in [5.41, 5.74) is 0.587. The Morgan fingerprint density at radius 3 is 2.70 bits per heavy atom. The lowest BCUT2D eigenvalue weighted by Crippen LogP contribution is -2.27. The molecule has 2 unspecified atom stereocenters. The first-order chi connectivity index (χ1) is 11.0. The van der Waals surface area contributed by atoms with Crippen LogP contribution in [0.5, 0.6) is 5.75 Å². The van der Waals surface area contributed by atoms with E-state index in [0.29, 0.717) is 24.3 Å². The SMILES string of the molecule is CC(CC(O)c1ccco1)NCc1ccc(OC(F)F)c(F)c1. The van der Waals surface area contributed by atoms with Crippen LogP contribution in [-0.2, 0) is 6.54 Å². The van der Waals surface area contributed by atoms with Gasteiger partial charge in [-0.3, -0.25) is 0 Å². The first-order valence-corrected chi connectivity index (χ1v) is 7.13. The number of alkyl halides is 2. The molecule has 0 fully saturated rings. The van der Waals surface area contributed by atoms with Crippen molar-refractivity contribution < 1.29 is 27.4 Å². The van der Waals surface area contributed by atoms with Gasteiger partial charge in [0.15, 0.2) is 11.6 Å². The maximum atomic E-state index is 13.6. The van der Waals surface area contributed by atoms with E-state index < -0.39 is 24.3 Å². The molecular weight excluding hydrogens is 311 g/mol. The van der Waals surface area contributed by atoms with Crippen LogP contribution in [0.4, 0.5) is 13.2 Å². The highest BCUT2D eigenvalue weighted by Crippen LogP contribution is 2.21. The predicted molar refractivity (Wildman–Crippen MR) is 77.6 cm³/mol. The van der Waals surface area contributed by atoms with Crippen molar-refractivity contribution in [2.24, 2.45) is 0 Å². The molecule has 2 rings (SSSR count). The molecule has 0 amide bonds. The molecule has 2 aromatic rings. The van der Waals surface area contributed by atoms with Crippen LogP contribution in [0, 0.1) is 5.82 Å². The van der Waals surface area contributed by atoms with E-state index in [1.807, 2.05) is 6.92 Å². The van der Waals surface area contributed by atoms with Gasteiger partial charge in [0, 0.05) is 12.6 Å². The van der Waals surface area contributed by atoms with E-state index in [1.54, 1.807) is 12.1 Å². The lowest BCUT2D eigenvalue weighted by molar-refractivity contribution is -0.0522. The van der Waals surface area contributed by atoms with E-state index in [-0.39, 0.29) is 6.04 Å². The van der Waals surface area contributed by atoms with Crippen molar-refractivity contribution >= 4 is 0 Å². The minimum absolute atomic E-state index is 0.0600. The van der Waals surface area contributed by atoms with E-state index in [2.05, 4.69) is 10.1 Å². The molecule has 2 N–H and O–H groups in total. The average molecular weight is 329 g/mol. The standard InChI is InChI=1S/C16H18F3NO3/c1-10(7-13(21)15-3-2-6-22-15)20-9-11-4-5-14(12(17)8-11)23-16(18)19/h2-6,8,10,13,16,20-21H,7,9H2,1H3. The predicted octanol–water partition coefficient (Wildman–Crippen LogP) is 3.62. The van der Waals surface area contributed by atoms with E-state index in [1.165, 1.54) is 18.4 Å². The number of nitrogens with one attached hydrogen (secondary N) is 1. The molecule has 23 heavy (non-hydrogen) atoms. The Hall–Kier alpha value is -1.99. The van der Waals surface area contributed by atoms with E-state index in [4.69, 9.17) is 4.42 Å². The molecule has 0 aliphatic carbocycles. The van der Waals surface area contributed by atoms with Crippen LogP contribution in [0.25, 0.3) is 0 Å². The van der Waals surface area contributed by atoms with Gasteiger partial charge in [-0.1, -0.05) is 6.07 Å². The fraction of sp³-hybridized carbons (Fsp3) is 0.375. The van der Waals surface area contributed by atoms with Crippen molar-refractivity contribution in [1.82, 2.24) is 5.32 Å². The number of furan rings is 1. The van der Waals surface area contributed by atoms with Crippen LogP contribution >= 0.6 is 0 Å². The Morgan fingerprint density at radius 2 is 2.09 bits per heavy atom. The van der Waals surface area contributed by atoms with Gasteiger partial charge in [0.05, 0.1) is 6.26 Å². The van der Waals surface area contributed by atoms with Crippen LogP contribution in [0.1, 0.15) is 30.8 Å². The lowest BCUT2D eigenvalue weighted by Gasteiger charge is -2.17. The monoisotopic (exact) mass is 329 g/mol. The Kier molecular flexibility index (Phi) is 6.06. The third kappa shape index (κ3) is 5.30. The van der Waals surface area contributed by atoms with E-state index >= 15 is 0 Å². The molecular formula is C16H18F3NO3. The molecule has 1 aromatic carbocycles. The number of aliphatic hydroxyl groups excluding tert-OH is 1. The van der Waals surface area contributed by atoms with Crippen LogP contribution < -0.4 is 10.1 Å². The fourth-order valence-corrected chi connectivity index (χ4v) is 2.15. The average Bonchev–Trinajstić information content (AvgIpc) is 3.01. The fourth-order valence-electron chi connectivity index (χ4n) is 2.15. The molecule has 4 nitrogen and oxygen atoms in total. The smallest absolute Gasteiger partial charge is 0.387 e. The summed E-state index contributed by atoms with van der Waals surface area (Å²) in [6.45, 7) is -0.856. The quantitative estimate of drug-likeness (QED) is 0.777.